The standard InChI is InChI=1S/C39H62O14/c1-17-7-10-39(48-16-17)18(2)27-24(53-39)12-22-21-6-5-19-11-20(8-9-37(19,3)28(21)23(42)13-38(22,27)4)49-35-33(47)31(45)34(26(15-41)51-35)52-36-32(46)30(44)29(43)25(14-40)50-36/h17-22,24-36,40-41,43-47H,5-16H2,1-4H3/t17-,18+,19+,20?,21?,22+,24?,25-,26-,27?,28?,29-,30+,31-,32-,33-,34-,35-,36+,37+,38+,39?/m1/s1. The molecule has 0 radical (unpaired) electrons. The Morgan fingerprint density at radius 3 is 2.17 bits per heavy atom. The molecule has 8 aliphatic rings. The van der Waals surface area contributed by atoms with Crippen molar-refractivity contribution >= 4 is 5.78 Å². The van der Waals surface area contributed by atoms with Crippen molar-refractivity contribution < 1.29 is 69.0 Å². The third-order valence-corrected chi connectivity index (χ3v) is 15.9. The third kappa shape index (κ3) is 6.12. The van der Waals surface area contributed by atoms with Gasteiger partial charge in [-0.1, -0.05) is 27.7 Å². The molecular formula is C39H62O14. The van der Waals surface area contributed by atoms with Gasteiger partial charge in [0.25, 0.3) is 0 Å². The molecule has 53 heavy (non-hydrogen) atoms. The summed E-state index contributed by atoms with van der Waals surface area (Å²) in [5, 5.41) is 72.7. The van der Waals surface area contributed by atoms with Crippen molar-refractivity contribution in [1.29, 1.82) is 0 Å². The summed E-state index contributed by atoms with van der Waals surface area (Å²) in [6.45, 7) is 8.63. The summed E-state index contributed by atoms with van der Waals surface area (Å²) >= 11 is 0. The van der Waals surface area contributed by atoms with E-state index in [1.165, 1.54) is 0 Å². The second-order valence-electron chi connectivity index (χ2n) is 18.7. The molecule has 4 aliphatic heterocycles. The van der Waals surface area contributed by atoms with Gasteiger partial charge in [-0.2, -0.15) is 0 Å². The van der Waals surface area contributed by atoms with Crippen LogP contribution in [0.15, 0.2) is 0 Å². The fraction of sp³-hybridized carbons (Fsp3) is 0.974. The molecule has 4 heterocycles. The lowest BCUT2D eigenvalue weighted by Gasteiger charge is -2.60. The van der Waals surface area contributed by atoms with Gasteiger partial charge in [0.15, 0.2) is 18.4 Å². The molecule has 4 saturated carbocycles. The molecule has 0 aromatic rings. The van der Waals surface area contributed by atoms with E-state index < -0.39 is 80.4 Å². The van der Waals surface area contributed by atoms with Crippen LogP contribution in [0.5, 0.6) is 0 Å². The average molecular weight is 755 g/mol. The molecular weight excluding hydrogens is 692 g/mol. The number of aliphatic hydroxyl groups is 7. The van der Waals surface area contributed by atoms with Gasteiger partial charge in [-0.15, -0.1) is 0 Å². The Morgan fingerprint density at radius 1 is 0.774 bits per heavy atom. The topological polar surface area (TPSA) is 214 Å². The van der Waals surface area contributed by atoms with Gasteiger partial charge in [-0.25, -0.2) is 0 Å². The SMILES string of the molecule is C[C@@H]1CCC2(OC1)OC1C[C@H]3C4CC[C@H]5CC(O[C@@H]6O[C@H](CO)[C@@H](O[C@@H]7O[C@H](CO)[C@@H](O)[C@H](O)[C@H]7O)[C@H](O)[C@H]6O)CC[C@]5(C)C4C(=O)C[C@]3(C)C1[C@@H]2C. The highest BCUT2D eigenvalue weighted by molar-refractivity contribution is 5.84. The molecule has 6 unspecified atom stereocenters. The first kappa shape index (κ1) is 39.0. The lowest BCUT2D eigenvalue weighted by atomic mass is 9.44. The molecule has 0 aromatic carbocycles. The number of carbonyl (C=O) groups excluding carboxylic acids is 1. The molecule has 7 N–H and O–H groups in total. The molecule has 14 nitrogen and oxygen atoms in total. The predicted octanol–water partition coefficient (Wildman–Crippen LogP) is 0.621. The van der Waals surface area contributed by atoms with Crippen molar-refractivity contribution in [2.75, 3.05) is 19.8 Å². The minimum absolute atomic E-state index is 0.0208. The van der Waals surface area contributed by atoms with Crippen LogP contribution < -0.4 is 0 Å². The van der Waals surface area contributed by atoms with Gasteiger partial charge in [0, 0.05) is 24.7 Å². The summed E-state index contributed by atoms with van der Waals surface area (Å²) in [6, 6.07) is 0. The maximum absolute atomic E-state index is 14.5. The molecule has 0 bridgehead atoms. The number of ether oxygens (including phenoxy) is 6. The van der Waals surface area contributed by atoms with Gasteiger partial charge in [0.1, 0.15) is 54.6 Å². The van der Waals surface area contributed by atoms with E-state index in [4.69, 9.17) is 28.4 Å². The Morgan fingerprint density at radius 2 is 1.47 bits per heavy atom. The van der Waals surface area contributed by atoms with E-state index in [0.717, 1.165) is 45.1 Å². The summed E-state index contributed by atoms with van der Waals surface area (Å²) in [6.07, 6.45) is -7.48. The van der Waals surface area contributed by atoms with Crippen molar-refractivity contribution in [1.82, 2.24) is 0 Å². The smallest absolute Gasteiger partial charge is 0.187 e. The Labute approximate surface area is 311 Å². The molecule has 14 heteroatoms. The van der Waals surface area contributed by atoms with Gasteiger partial charge in [-0.3, -0.25) is 4.79 Å². The number of hydrogen-bond acceptors (Lipinski definition) is 14. The number of carbonyl (C=O) groups is 1. The van der Waals surface area contributed by atoms with Crippen molar-refractivity contribution in [2.45, 2.75) is 165 Å². The molecule has 4 saturated heterocycles. The lowest BCUT2D eigenvalue weighted by Crippen LogP contribution is -2.65. The van der Waals surface area contributed by atoms with Crippen LogP contribution in [0.4, 0.5) is 0 Å². The summed E-state index contributed by atoms with van der Waals surface area (Å²) in [5.74, 6) is 1.91. The zero-order valence-corrected chi connectivity index (χ0v) is 31.4. The molecule has 0 amide bonds. The van der Waals surface area contributed by atoms with E-state index in [1.807, 2.05) is 0 Å². The monoisotopic (exact) mass is 754 g/mol. The number of Topliss-reactive ketones (excluding diaryl/α,β-unsaturated/α-hetero) is 1. The van der Waals surface area contributed by atoms with Crippen LogP contribution in [0.2, 0.25) is 0 Å². The highest BCUT2D eigenvalue weighted by Crippen LogP contribution is 2.70. The van der Waals surface area contributed by atoms with E-state index in [0.29, 0.717) is 48.7 Å². The summed E-state index contributed by atoms with van der Waals surface area (Å²) in [7, 11) is 0. The summed E-state index contributed by atoms with van der Waals surface area (Å²) in [4.78, 5) is 14.5. The highest BCUT2D eigenvalue weighted by atomic mass is 16.7. The molecule has 8 fully saturated rings. The second kappa shape index (κ2) is 14.2. The fourth-order valence-corrected chi connectivity index (χ4v) is 13.0. The van der Waals surface area contributed by atoms with Crippen LogP contribution in [0, 0.1) is 52.3 Å². The van der Waals surface area contributed by atoms with Crippen molar-refractivity contribution in [3.8, 4) is 0 Å². The van der Waals surface area contributed by atoms with Crippen molar-refractivity contribution in [2.24, 2.45) is 52.3 Å². The van der Waals surface area contributed by atoms with Crippen LogP contribution in [-0.2, 0) is 33.2 Å². The van der Waals surface area contributed by atoms with Crippen molar-refractivity contribution in [3.63, 3.8) is 0 Å². The van der Waals surface area contributed by atoms with E-state index in [2.05, 4.69) is 27.7 Å². The number of aliphatic hydroxyl groups excluding tert-OH is 7. The third-order valence-electron chi connectivity index (χ3n) is 15.9. The molecule has 22 atom stereocenters. The maximum Gasteiger partial charge on any atom is 0.187 e. The van der Waals surface area contributed by atoms with E-state index in [9.17, 15) is 40.5 Å². The van der Waals surface area contributed by atoms with E-state index in [1.54, 1.807) is 0 Å². The Bertz CT molecular complexity index is 1340. The quantitative estimate of drug-likeness (QED) is 0.185. The van der Waals surface area contributed by atoms with Crippen molar-refractivity contribution in [3.05, 3.63) is 0 Å². The highest BCUT2D eigenvalue weighted by Gasteiger charge is 2.71. The predicted molar refractivity (Wildman–Crippen MR) is 183 cm³/mol. The molecule has 302 valence electrons. The summed E-state index contributed by atoms with van der Waals surface area (Å²) < 4.78 is 36.8. The Kier molecular flexibility index (Phi) is 10.5. The number of rotatable bonds is 6. The molecule has 4 aliphatic carbocycles. The van der Waals surface area contributed by atoms with Crippen LogP contribution in [0.3, 0.4) is 0 Å². The fourth-order valence-electron chi connectivity index (χ4n) is 13.0. The first-order chi connectivity index (χ1) is 25.2. The van der Waals surface area contributed by atoms with Crippen LogP contribution in [0.1, 0.15) is 85.5 Å². The Hall–Kier alpha value is -0.850. The normalized spacial score (nSPS) is 58.2. The maximum atomic E-state index is 14.5. The first-order valence-electron chi connectivity index (χ1n) is 20.2. The van der Waals surface area contributed by atoms with Gasteiger partial charge in [0.05, 0.1) is 32.0 Å². The average Bonchev–Trinajstić information content (AvgIpc) is 3.57. The van der Waals surface area contributed by atoms with Gasteiger partial charge < -0.3 is 64.2 Å². The number of ketones is 1. The first-order valence-corrected chi connectivity index (χ1v) is 20.2. The zero-order valence-electron chi connectivity index (χ0n) is 31.4. The van der Waals surface area contributed by atoms with Gasteiger partial charge in [-0.05, 0) is 85.4 Å². The lowest BCUT2D eigenvalue weighted by molar-refractivity contribution is -0.364. The minimum atomic E-state index is -1.74. The van der Waals surface area contributed by atoms with Gasteiger partial charge >= 0.3 is 0 Å². The second-order valence-corrected chi connectivity index (χ2v) is 18.7. The minimum Gasteiger partial charge on any atom is -0.394 e. The Balaban J connectivity index is 0.911. The van der Waals surface area contributed by atoms with Crippen LogP contribution in [0.25, 0.3) is 0 Å². The van der Waals surface area contributed by atoms with Crippen LogP contribution >= 0.6 is 0 Å². The van der Waals surface area contributed by atoms with E-state index >= 15 is 0 Å². The number of hydrogen-bond donors (Lipinski definition) is 7. The molecule has 0 aromatic heterocycles. The molecule has 8 rings (SSSR count). The van der Waals surface area contributed by atoms with E-state index in [-0.39, 0.29) is 40.8 Å². The largest absolute Gasteiger partial charge is 0.394 e. The summed E-state index contributed by atoms with van der Waals surface area (Å²) in [5.41, 5.74) is -0.288. The van der Waals surface area contributed by atoms with Crippen LogP contribution in [-0.4, -0.2) is 141 Å². The van der Waals surface area contributed by atoms with Gasteiger partial charge in [0.2, 0.25) is 0 Å². The number of fused-ring (bicyclic) bond motifs is 7. The molecule has 1 spiro atoms. The zero-order chi connectivity index (χ0) is 37.8.